The van der Waals surface area contributed by atoms with E-state index in [0.29, 0.717) is 36.6 Å². The molecule has 2 aliphatic carbocycles. The van der Waals surface area contributed by atoms with E-state index in [1.165, 1.54) is 0 Å². The van der Waals surface area contributed by atoms with Crippen molar-refractivity contribution in [2.75, 3.05) is 13.2 Å². The van der Waals surface area contributed by atoms with Crippen LogP contribution >= 0.6 is 0 Å². The number of aryl methyl sites for hydroxylation is 1. The Bertz CT molecular complexity index is 1200. The first-order chi connectivity index (χ1) is 16.9. The Morgan fingerprint density at radius 3 is 2.74 bits per heavy atom. The summed E-state index contributed by atoms with van der Waals surface area (Å²) in [4.78, 5) is 42.6. The molecule has 5 rings (SSSR count). The summed E-state index contributed by atoms with van der Waals surface area (Å²) in [5.41, 5.74) is 1.14. The average Bonchev–Trinajstić information content (AvgIpc) is 3.62. The normalized spacial score (nSPS) is 21.4. The third-order valence-corrected chi connectivity index (χ3v) is 7.26. The van der Waals surface area contributed by atoms with Gasteiger partial charge in [0.15, 0.2) is 0 Å². The Hall–Kier alpha value is -3.79. The molecular formula is C28H28N2O5. The van der Waals surface area contributed by atoms with Crippen molar-refractivity contribution < 1.29 is 23.9 Å². The van der Waals surface area contributed by atoms with Crippen LogP contribution in [0.25, 0.3) is 0 Å². The number of terminal acetylenes is 1. The smallest absolute Gasteiger partial charge is 0.418 e. The maximum atomic E-state index is 13.5. The molecule has 0 radical (unpaired) electrons. The topological polar surface area (TPSA) is 76.2 Å². The van der Waals surface area contributed by atoms with Gasteiger partial charge in [0.25, 0.3) is 5.91 Å². The van der Waals surface area contributed by atoms with Crippen LogP contribution in [0.2, 0.25) is 0 Å². The van der Waals surface area contributed by atoms with Gasteiger partial charge < -0.3 is 14.4 Å². The van der Waals surface area contributed by atoms with Gasteiger partial charge in [0.2, 0.25) is 11.5 Å². The fourth-order valence-corrected chi connectivity index (χ4v) is 5.14. The van der Waals surface area contributed by atoms with E-state index in [2.05, 4.69) is 5.92 Å². The van der Waals surface area contributed by atoms with Gasteiger partial charge in [-0.15, -0.1) is 6.42 Å². The van der Waals surface area contributed by atoms with E-state index in [9.17, 15) is 14.4 Å². The number of hydrogen-bond acceptors (Lipinski definition) is 5. The van der Waals surface area contributed by atoms with Gasteiger partial charge in [-0.3, -0.25) is 9.59 Å². The number of imide groups is 1. The van der Waals surface area contributed by atoms with Gasteiger partial charge in [-0.1, -0.05) is 42.3 Å². The lowest BCUT2D eigenvalue weighted by Gasteiger charge is -2.30. The van der Waals surface area contributed by atoms with Gasteiger partial charge >= 0.3 is 6.09 Å². The third kappa shape index (κ3) is 4.25. The predicted octanol–water partition coefficient (Wildman–Crippen LogP) is 3.65. The first-order valence-electron chi connectivity index (χ1n) is 12.0. The third-order valence-electron chi connectivity index (χ3n) is 7.26. The number of hydrogen-bond donors (Lipinski definition) is 0. The van der Waals surface area contributed by atoms with Gasteiger partial charge in [-0.2, -0.15) is 0 Å². The van der Waals surface area contributed by atoms with Crippen LogP contribution < -0.4 is 4.74 Å². The second-order valence-electron chi connectivity index (χ2n) is 9.48. The zero-order chi connectivity index (χ0) is 24.6. The number of amides is 3. The summed E-state index contributed by atoms with van der Waals surface area (Å²) in [7, 11) is 0. The van der Waals surface area contributed by atoms with E-state index >= 15 is 0 Å². The van der Waals surface area contributed by atoms with Crippen molar-refractivity contribution in [3.63, 3.8) is 0 Å². The van der Waals surface area contributed by atoms with Crippen LogP contribution in [0.5, 0.6) is 5.75 Å². The molecule has 1 heterocycles. The highest BCUT2D eigenvalue weighted by Gasteiger charge is 2.58. The lowest BCUT2D eigenvalue weighted by Crippen LogP contribution is -2.47. The maximum Gasteiger partial charge on any atom is 0.418 e. The summed E-state index contributed by atoms with van der Waals surface area (Å²) in [6.45, 7) is 2.29. The Kier molecular flexibility index (Phi) is 5.98. The molecule has 0 N–H and O–H groups in total. The van der Waals surface area contributed by atoms with Crippen molar-refractivity contribution in [3.8, 4) is 18.1 Å². The SMILES string of the molecule is C#CCOc1ccc2c(c1)CCC21OC(=O)N(CC(=O)N(Cc2ccccc2)[C@@H](C)C2CC2)C1=O. The van der Waals surface area contributed by atoms with Crippen molar-refractivity contribution in [2.24, 2.45) is 5.92 Å². The zero-order valence-corrected chi connectivity index (χ0v) is 19.7. The van der Waals surface area contributed by atoms with Crippen LogP contribution in [0.1, 0.15) is 42.9 Å². The number of nitrogens with zero attached hydrogens (tertiary/aromatic N) is 2. The minimum Gasteiger partial charge on any atom is -0.481 e. The second kappa shape index (κ2) is 9.10. The quantitative estimate of drug-likeness (QED) is 0.549. The average molecular weight is 473 g/mol. The molecule has 3 amide bonds. The standard InChI is InChI=1S/C28H28N2O5/c1-3-15-34-23-11-12-24-22(16-23)13-14-28(24)26(32)30(27(33)35-28)18-25(31)29(19(2)21-9-10-21)17-20-7-5-4-6-8-20/h1,4-8,11-12,16,19,21H,9-10,13-15,17-18H2,2H3/t19-,28?/m0/s1. The lowest BCUT2D eigenvalue weighted by molar-refractivity contribution is -0.143. The summed E-state index contributed by atoms with van der Waals surface area (Å²) in [6.07, 6.45) is 7.54. The summed E-state index contributed by atoms with van der Waals surface area (Å²) in [5, 5.41) is 0. The molecule has 1 unspecified atom stereocenters. The Morgan fingerprint density at radius 2 is 2.03 bits per heavy atom. The Labute approximate surface area is 205 Å². The minimum atomic E-state index is -1.39. The van der Waals surface area contributed by atoms with E-state index in [0.717, 1.165) is 28.9 Å². The number of rotatable bonds is 8. The Morgan fingerprint density at radius 1 is 1.26 bits per heavy atom. The molecule has 0 bridgehead atoms. The van der Waals surface area contributed by atoms with Crippen molar-refractivity contribution >= 4 is 17.9 Å². The number of carbonyl (C=O) groups is 3. The van der Waals surface area contributed by atoms with Crippen molar-refractivity contribution in [1.29, 1.82) is 0 Å². The maximum absolute atomic E-state index is 13.5. The molecule has 3 aliphatic rings. The minimum absolute atomic E-state index is 0.0269. The molecule has 2 fully saturated rings. The molecule has 1 aliphatic heterocycles. The van der Waals surface area contributed by atoms with Crippen LogP contribution in [-0.2, 0) is 32.9 Å². The van der Waals surface area contributed by atoms with Crippen LogP contribution in [-0.4, -0.2) is 46.9 Å². The van der Waals surface area contributed by atoms with E-state index in [1.54, 1.807) is 17.0 Å². The summed E-state index contributed by atoms with van der Waals surface area (Å²) < 4.78 is 11.2. The van der Waals surface area contributed by atoms with E-state index in [-0.39, 0.29) is 25.1 Å². The highest BCUT2D eigenvalue weighted by Crippen LogP contribution is 2.46. The van der Waals surface area contributed by atoms with Crippen LogP contribution in [0.3, 0.4) is 0 Å². The van der Waals surface area contributed by atoms with Crippen molar-refractivity contribution in [2.45, 2.75) is 50.8 Å². The molecule has 7 nitrogen and oxygen atoms in total. The van der Waals surface area contributed by atoms with Crippen molar-refractivity contribution in [3.05, 3.63) is 65.2 Å². The number of fused-ring (bicyclic) bond motifs is 2. The molecule has 7 heteroatoms. The fourth-order valence-electron chi connectivity index (χ4n) is 5.14. The summed E-state index contributed by atoms with van der Waals surface area (Å²) in [5.74, 6) is 2.74. The lowest BCUT2D eigenvalue weighted by atomic mass is 9.95. The van der Waals surface area contributed by atoms with E-state index in [4.69, 9.17) is 15.9 Å². The molecule has 1 saturated carbocycles. The molecule has 0 aromatic heterocycles. The Balaban J connectivity index is 1.35. The second-order valence-corrected chi connectivity index (χ2v) is 9.48. The predicted molar refractivity (Wildman–Crippen MR) is 128 cm³/mol. The number of carbonyl (C=O) groups excluding carboxylic acids is 3. The summed E-state index contributed by atoms with van der Waals surface area (Å²) >= 11 is 0. The van der Waals surface area contributed by atoms with E-state index < -0.39 is 17.6 Å². The highest BCUT2D eigenvalue weighted by atomic mass is 16.6. The number of ether oxygens (including phenoxy) is 2. The van der Waals surface area contributed by atoms with Crippen LogP contribution in [0.4, 0.5) is 4.79 Å². The molecule has 2 aromatic carbocycles. The molecule has 35 heavy (non-hydrogen) atoms. The van der Waals surface area contributed by atoms with E-state index in [1.807, 2.05) is 43.3 Å². The molecule has 1 spiro atoms. The summed E-state index contributed by atoms with van der Waals surface area (Å²) in [6, 6.07) is 15.1. The molecule has 1 saturated heterocycles. The largest absolute Gasteiger partial charge is 0.481 e. The fraction of sp³-hybridized carbons (Fsp3) is 0.393. The molecule has 2 atom stereocenters. The highest BCUT2D eigenvalue weighted by molar-refractivity contribution is 6.06. The van der Waals surface area contributed by atoms with Gasteiger partial charge in [0.05, 0.1) is 0 Å². The van der Waals surface area contributed by atoms with Gasteiger partial charge in [0.1, 0.15) is 18.9 Å². The first kappa shape index (κ1) is 23.0. The first-order valence-corrected chi connectivity index (χ1v) is 12.0. The molecule has 2 aromatic rings. The van der Waals surface area contributed by atoms with Gasteiger partial charge in [-0.05, 0) is 55.4 Å². The van der Waals surface area contributed by atoms with Crippen LogP contribution in [0.15, 0.2) is 48.5 Å². The monoisotopic (exact) mass is 472 g/mol. The van der Waals surface area contributed by atoms with Crippen molar-refractivity contribution in [1.82, 2.24) is 9.80 Å². The molecule has 180 valence electrons. The van der Waals surface area contributed by atoms with Gasteiger partial charge in [0, 0.05) is 24.6 Å². The van der Waals surface area contributed by atoms with Gasteiger partial charge in [-0.25, -0.2) is 9.69 Å². The molecular weight excluding hydrogens is 444 g/mol. The number of benzene rings is 2. The van der Waals surface area contributed by atoms with Crippen LogP contribution in [0, 0.1) is 18.3 Å². The zero-order valence-electron chi connectivity index (χ0n) is 19.7.